The zero-order valence-electron chi connectivity index (χ0n) is 12.8. The molecular formula is C16H22ClNO3. The van der Waals surface area contributed by atoms with Crippen molar-refractivity contribution in [2.75, 3.05) is 0 Å². The van der Waals surface area contributed by atoms with E-state index in [1.165, 1.54) is 0 Å². The largest absolute Gasteiger partial charge is 0.481 e. The van der Waals surface area contributed by atoms with Crippen molar-refractivity contribution in [2.45, 2.75) is 40.2 Å². The number of hydrogen-bond donors (Lipinski definition) is 2. The number of aliphatic carboxylic acids is 1. The lowest BCUT2D eigenvalue weighted by atomic mass is 9.76. The van der Waals surface area contributed by atoms with E-state index >= 15 is 0 Å². The van der Waals surface area contributed by atoms with Gasteiger partial charge in [-0.05, 0) is 37.5 Å². The van der Waals surface area contributed by atoms with Crippen LogP contribution in [0.3, 0.4) is 0 Å². The lowest BCUT2D eigenvalue weighted by Crippen LogP contribution is -2.39. The number of halogens is 1. The molecule has 1 rings (SSSR count). The summed E-state index contributed by atoms with van der Waals surface area (Å²) in [5.74, 6) is -1.35. The van der Waals surface area contributed by atoms with Crippen LogP contribution in [0.15, 0.2) is 24.3 Å². The summed E-state index contributed by atoms with van der Waals surface area (Å²) < 4.78 is 0. The van der Waals surface area contributed by atoms with Gasteiger partial charge in [0.25, 0.3) is 0 Å². The number of rotatable bonds is 6. The third-order valence-electron chi connectivity index (χ3n) is 4.04. The van der Waals surface area contributed by atoms with Gasteiger partial charge in [-0.1, -0.05) is 37.6 Å². The van der Waals surface area contributed by atoms with Crippen LogP contribution in [0.25, 0.3) is 0 Å². The number of amides is 1. The normalized spacial score (nSPS) is 15.3. The molecular weight excluding hydrogens is 290 g/mol. The maximum absolute atomic E-state index is 12.1. The molecule has 0 aromatic heterocycles. The van der Waals surface area contributed by atoms with Crippen LogP contribution in [-0.2, 0) is 9.59 Å². The molecule has 0 aliphatic carbocycles. The fraction of sp³-hybridized carbons (Fsp3) is 0.500. The Kier molecular flexibility index (Phi) is 5.78. The average molecular weight is 312 g/mol. The van der Waals surface area contributed by atoms with E-state index < -0.39 is 11.4 Å². The minimum Gasteiger partial charge on any atom is -0.481 e. The van der Waals surface area contributed by atoms with E-state index in [0.29, 0.717) is 5.02 Å². The van der Waals surface area contributed by atoms with Gasteiger partial charge in [-0.15, -0.1) is 0 Å². The fourth-order valence-electron chi connectivity index (χ4n) is 1.99. The highest BCUT2D eigenvalue weighted by Crippen LogP contribution is 2.31. The molecule has 1 amide bonds. The van der Waals surface area contributed by atoms with E-state index in [9.17, 15) is 14.7 Å². The second-order valence-corrected chi connectivity index (χ2v) is 6.33. The molecule has 1 aromatic carbocycles. The van der Waals surface area contributed by atoms with Crippen molar-refractivity contribution in [3.8, 4) is 0 Å². The summed E-state index contributed by atoms with van der Waals surface area (Å²) in [6.07, 6.45) is -0.0437. The number of carbonyl (C=O) groups is 2. The molecule has 0 heterocycles. The summed E-state index contributed by atoms with van der Waals surface area (Å²) >= 11 is 5.83. The van der Waals surface area contributed by atoms with Crippen molar-refractivity contribution in [1.82, 2.24) is 5.32 Å². The third-order valence-corrected chi connectivity index (χ3v) is 4.29. The summed E-state index contributed by atoms with van der Waals surface area (Å²) in [5, 5.41) is 12.8. The molecule has 0 fully saturated rings. The topological polar surface area (TPSA) is 66.4 Å². The van der Waals surface area contributed by atoms with Crippen LogP contribution < -0.4 is 5.32 Å². The van der Waals surface area contributed by atoms with E-state index in [1.807, 2.05) is 32.9 Å². The summed E-state index contributed by atoms with van der Waals surface area (Å²) in [7, 11) is 0. The number of carboxylic acid groups (broad SMARTS) is 1. The number of hydrogen-bond acceptors (Lipinski definition) is 2. The lowest BCUT2D eigenvalue weighted by Gasteiger charge is -2.29. The first kappa shape index (κ1) is 17.5. The second kappa shape index (κ2) is 6.94. The highest BCUT2D eigenvalue weighted by molar-refractivity contribution is 6.30. The molecule has 2 N–H and O–H groups in total. The van der Waals surface area contributed by atoms with E-state index in [4.69, 9.17) is 11.6 Å². The Hall–Kier alpha value is -1.55. The first-order chi connectivity index (χ1) is 9.66. The van der Waals surface area contributed by atoms with Crippen molar-refractivity contribution in [1.29, 1.82) is 0 Å². The van der Waals surface area contributed by atoms with Gasteiger partial charge in [0.1, 0.15) is 0 Å². The van der Waals surface area contributed by atoms with E-state index in [1.54, 1.807) is 19.1 Å². The summed E-state index contributed by atoms with van der Waals surface area (Å²) in [6.45, 7) is 7.08. The smallest absolute Gasteiger partial charge is 0.310 e. The zero-order chi connectivity index (χ0) is 16.2. The molecule has 0 radical (unpaired) electrons. The molecule has 1 unspecified atom stereocenters. The minimum atomic E-state index is -1.07. The van der Waals surface area contributed by atoms with Crippen molar-refractivity contribution in [3.05, 3.63) is 34.9 Å². The average Bonchev–Trinajstić information content (AvgIpc) is 2.38. The van der Waals surface area contributed by atoms with Gasteiger partial charge in [0.15, 0.2) is 0 Å². The highest BCUT2D eigenvalue weighted by Gasteiger charge is 2.38. The van der Waals surface area contributed by atoms with Gasteiger partial charge in [0.2, 0.25) is 5.91 Å². The molecule has 5 heteroatoms. The van der Waals surface area contributed by atoms with Crippen molar-refractivity contribution in [3.63, 3.8) is 0 Å². The molecule has 116 valence electrons. The van der Waals surface area contributed by atoms with Crippen molar-refractivity contribution < 1.29 is 14.7 Å². The van der Waals surface area contributed by atoms with Crippen LogP contribution in [0, 0.1) is 11.3 Å². The Balaban J connectivity index is 2.72. The zero-order valence-corrected chi connectivity index (χ0v) is 13.6. The van der Waals surface area contributed by atoms with E-state index in [-0.39, 0.29) is 24.3 Å². The van der Waals surface area contributed by atoms with Gasteiger partial charge in [-0.2, -0.15) is 0 Å². The predicted molar refractivity (Wildman–Crippen MR) is 83.2 cm³/mol. The van der Waals surface area contributed by atoms with Crippen LogP contribution in [0.2, 0.25) is 5.02 Å². The highest BCUT2D eigenvalue weighted by atomic mass is 35.5. The molecule has 0 bridgehead atoms. The number of benzene rings is 1. The van der Waals surface area contributed by atoms with E-state index in [0.717, 1.165) is 5.56 Å². The molecule has 0 saturated carbocycles. The first-order valence-corrected chi connectivity index (χ1v) is 7.33. The maximum Gasteiger partial charge on any atom is 0.310 e. The van der Waals surface area contributed by atoms with Crippen LogP contribution in [0.5, 0.6) is 0 Å². The van der Waals surface area contributed by atoms with Gasteiger partial charge in [-0.25, -0.2) is 0 Å². The molecule has 0 saturated heterocycles. The Labute approximate surface area is 130 Å². The summed E-state index contributed by atoms with van der Waals surface area (Å²) in [6, 6.07) is 7.00. The Morgan fingerprint density at radius 2 is 1.76 bits per heavy atom. The predicted octanol–water partition coefficient (Wildman–Crippen LogP) is 3.65. The quantitative estimate of drug-likeness (QED) is 0.842. The van der Waals surface area contributed by atoms with Crippen LogP contribution >= 0.6 is 11.6 Å². The molecule has 21 heavy (non-hydrogen) atoms. The maximum atomic E-state index is 12.1. The van der Waals surface area contributed by atoms with Crippen LogP contribution in [0.4, 0.5) is 0 Å². The Bertz CT molecular complexity index is 513. The molecule has 0 aliphatic heterocycles. The molecule has 2 atom stereocenters. The van der Waals surface area contributed by atoms with Crippen molar-refractivity contribution in [2.24, 2.45) is 11.3 Å². The monoisotopic (exact) mass is 311 g/mol. The number of nitrogens with one attached hydrogen (secondary N) is 1. The number of carbonyl (C=O) groups excluding carboxylic acids is 1. The van der Waals surface area contributed by atoms with Crippen LogP contribution in [-0.4, -0.2) is 17.0 Å². The Morgan fingerprint density at radius 1 is 1.24 bits per heavy atom. The van der Waals surface area contributed by atoms with Gasteiger partial charge in [0.05, 0.1) is 11.5 Å². The lowest BCUT2D eigenvalue weighted by molar-refractivity contribution is -0.153. The minimum absolute atomic E-state index is 0.0437. The first-order valence-electron chi connectivity index (χ1n) is 6.95. The van der Waals surface area contributed by atoms with Gasteiger partial charge in [-0.3, -0.25) is 9.59 Å². The third kappa shape index (κ3) is 4.46. The summed E-state index contributed by atoms with van der Waals surface area (Å²) in [4.78, 5) is 23.5. The van der Waals surface area contributed by atoms with Gasteiger partial charge < -0.3 is 10.4 Å². The van der Waals surface area contributed by atoms with Crippen molar-refractivity contribution >= 4 is 23.5 Å². The SMILES string of the molecule is CC(C)C(C)(CC(=O)N[C@H](C)c1ccc(Cl)cc1)C(=O)O. The second-order valence-electron chi connectivity index (χ2n) is 5.89. The standard InChI is InChI=1S/C16H22ClNO3/c1-10(2)16(4,15(20)21)9-14(19)18-11(3)12-5-7-13(17)8-6-12/h5-8,10-11H,9H2,1-4H3,(H,18,19)(H,20,21)/t11-,16?/m1/s1. The molecule has 1 aromatic rings. The molecule has 4 nitrogen and oxygen atoms in total. The van der Waals surface area contributed by atoms with E-state index in [2.05, 4.69) is 5.32 Å². The van der Waals surface area contributed by atoms with Gasteiger partial charge >= 0.3 is 5.97 Å². The molecule has 0 spiro atoms. The number of carboxylic acids is 1. The van der Waals surface area contributed by atoms with Crippen LogP contribution in [0.1, 0.15) is 45.7 Å². The van der Waals surface area contributed by atoms with Gasteiger partial charge in [0, 0.05) is 11.4 Å². The molecule has 0 aliphatic rings. The fourth-order valence-corrected chi connectivity index (χ4v) is 2.11. The Morgan fingerprint density at radius 3 is 2.19 bits per heavy atom. The summed E-state index contributed by atoms with van der Waals surface area (Å²) in [5.41, 5.74) is -0.140.